The number of para-hydroxylation sites is 2. The van der Waals surface area contributed by atoms with Gasteiger partial charge in [-0.3, -0.25) is 0 Å². The Kier molecular flexibility index (Phi) is 5.70. The molecule has 2 heterocycles. The maximum Gasteiger partial charge on any atom is 0.136 e. The van der Waals surface area contributed by atoms with Crippen molar-refractivity contribution in [2.45, 2.75) is 0 Å². The van der Waals surface area contributed by atoms with Gasteiger partial charge in [-0.15, -0.1) is 0 Å². The summed E-state index contributed by atoms with van der Waals surface area (Å²) in [5, 5.41) is 11.9. The zero-order chi connectivity index (χ0) is 32.8. The lowest BCUT2D eigenvalue weighted by molar-refractivity contribution is 0.668. The molecule has 0 radical (unpaired) electrons. The van der Waals surface area contributed by atoms with Gasteiger partial charge in [0.1, 0.15) is 22.3 Å². The summed E-state index contributed by atoms with van der Waals surface area (Å²) in [6.45, 7) is 0. The van der Waals surface area contributed by atoms with Crippen LogP contribution in [0.1, 0.15) is 0 Å². The molecule has 11 rings (SSSR count). The van der Waals surface area contributed by atoms with Crippen molar-refractivity contribution >= 4 is 76.2 Å². The van der Waals surface area contributed by atoms with E-state index >= 15 is 0 Å². The van der Waals surface area contributed by atoms with Crippen LogP contribution >= 0.6 is 0 Å². The maximum absolute atomic E-state index is 6.36. The molecule has 0 unspecified atom stereocenters. The van der Waals surface area contributed by atoms with Crippen LogP contribution in [0, 0.1) is 0 Å². The zero-order valence-electron chi connectivity index (χ0n) is 27.0. The molecule has 0 fully saturated rings. The number of fused-ring (bicyclic) bond motifs is 9. The zero-order valence-corrected chi connectivity index (χ0v) is 27.0. The van der Waals surface area contributed by atoms with Gasteiger partial charge >= 0.3 is 0 Å². The van der Waals surface area contributed by atoms with Gasteiger partial charge in [0, 0.05) is 21.5 Å². The quantitative estimate of drug-likeness (QED) is 0.180. The van der Waals surface area contributed by atoms with Crippen molar-refractivity contribution in [3.05, 3.63) is 170 Å². The van der Waals surface area contributed by atoms with Crippen LogP contribution in [0.15, 0.2) is 179 Å². The SMILES string of the molecule is c1ccc2cc(-c3c4cccc(-c5ccc6c(c5)oc5ccccc56)c4cc4c(-c5ccc6c(c5)oc5ccccc56)cccc34)ccc2c1. The third-order valence-corrected chi connectivity index (χ3v) is 10.5. The predicted molar refractivity (Wildman–Crippen MR) is 210 cm³/mol. The predicted octanol–water partition coefficient (Wildman–Crippen LogP) is 13.9. The normalized spacial score (nSPS) is 12.0. The Balaban J connectivity index is 1.21. The van der Waals surface area contributed by atoms with Crippen LogP contribution in [0.3, 0.4) is 0 Å². The highest BCUT2D eigenvalue weighted by molar-refractivity contribution is 6.20. The van der Waals surface area contributed by atoms with E-state index < -0.39 is 0 Å². The van der Waals surface area contributed by atoms with E-state index in [2.05, 4.69) is 146 Å². The minimum atomic E-state index is 0.899. The lowest BCUT2D eigenvalue weighted by atomic mass is 9.86. The summed E-state index contributed by atoms with van der Waals surface area (Å²) < 4.78 is 12.7. The summed E-state index contributed by atoms with van der Waals surface area (Å²) in [6.07, 6.45) is 0. The second-order valence-electron chi connectivity index (χ2n) is 13.2. The lowest BCUT2D eigenvalue weighted by Gasteiger charge is -2.18. The first-order valence-corrected chi connectivity index (χ1v) is 17.1. The monoisotopic (exact) mass is 636 g/mol. The van der Waals surface area contributed by atoms with E-state index in [9.17, 15) is 0 Å². The number of hydrogen-bond donors (Lipinski definition) is 0. The molecule has 0 spiro atoms. The van der Waals surface area contributed by atoms with Crippen LogP contribution in [0.25, 0.3) is 110 Å². The largest absolute Gasteiger partial charge is 0.456 e. The summed E-state index contributed by atoms with van der Waals surface area (Å²) in [5.41, 5.74) is 10.7. The van der Waals surface area contributed by atoms with Crippen molar-refractivity contribution in [3.63, 3.8) is 0 Å². The molecule has 0 atom stereocenters. The van der Waals surface area contributed by atoms with E-state index in [1.54, 1.807) is 0 Å². The van der Waals surface area contributed by atoms with E-state index in [1.807, 2.05) is 24.3 Å². The minimum Gasteiger partial charge on any atom is -0.456 e. The third kappa shape index (κ3) is 4.03. The van der Waals surface area contributed by atoms with E-state index in [0.717, 1.165) is 55.0 Å². The van der Waals surface area contributed by atoms with Crippen LogP contribution in [0.4, 0.5) is 0 Å². The molecule has 2 heteroatoms. The highest BCUT2D eigenvalue weighted by Gasteiger charge is 2.18. The van der Waals surface area contributed by atoms with Crippen molar-refractivity contribution in [2.24, 2.45) is 0 Å². The van der Waals surface area contributed by atoms with Gasteiger partial charge in [0.2, 0.25) is 0 Å². The Labute approximate surface area is 287 Å². The molecule has 0 saturated carbocycles. The molecule has 0 saturated heterocycles. The third-order valence-electron chi connectivity index (χ3n) is 10.5. The summed E-state index contributed by atoms with van der Waals surface area (Å²) in [7, 11) is 0. The average molecular weight is 637 g/mol. The van der Waals surface area contributed by atoms with Gasteiger partial charge < -0.3 is 8.83 Å². The van der Waals surface area contributed by atoms with Gasteiger partial charge in [0.15, 0.2) is 0 Å². The Morgan fingerprint density at radius 3 is 1.34 bits per heavy atom. The van der Waals surface area contributed by atoms with Gasteiger partial charge in [-0.2, -0.15) is 0 Å². The molecular formula is C48H28O2. The van der Waals surface area contributed by atoms with Gasteiger partial charge in [0.25, 0.3) is 0 Å². The fourth-order valence-corrected chi connectivity index (χ4v) is 8.11. The lowest BCUT2D eigenvalue weighted by Crippen LogP contribution is -1.91. The summed E-state index contributed by atoms with van der Waals surface area (Å²) >= 11 is 0. The highest BCUT2D eigenvalue weighted by atomic mass is 16.3. The fourth-order valence-electron chi connectivity index (χ4n) is 8.11. The van der Waals surface area contributed by atoms with E-state index in [4.69, 9.17) is 8.83 Å². The van der Waals surface area contributed by atoms with E-state index in [1.165, 1.54) is 54.6 Å². The Bertz CT molecular complexity index is 2980. The van der Waals surface area contributed by atoms with Crippen molar-refractivity contribution in [1.29, 1.82) is 0 Å². The molecule has 232 valence electrons. The van der Waals surface area contributed by atoms with Crippen LogP contribution in [0.2, 0.25) is 0 Å². The first-order valence-electron chi connectivity index (χ1n) is 17.1. The van der Waals surface area contributed by atoms with Gasteiger partial charge in [-0.25, -0.2) is 0 Å². The van der Waals surface area contributed by atoms with E-state index in [0.29, 0.717) is 0 Å². The van der Waals surface area contributed by atoms with Crippen LogP contribution in [-0.2, 0) is 0 Å². The standard InChI is InChI=1S/C48H28O2/c1-2-10-30-25-33(20-19-29(30)9-1)48-40-15-7-13-34(31-21-23-38-36-11-3-5-17-44(36)49-46(38)26-31)42(40)28-43-35(14-8-16-41(43)48)32-22-24-39-37-12-4-6-18-45(37)50-47(39)27-32/h1-28H. The topological polar surface area (TPSA) is 26.3 Å². The molecule has 0 aliphatic rings. The maximum atomic E-state index is 6.36. The van der Waals surface area contributed by atoms with Gasteiger partial charge in [-0.05, 0) is 114 Å². The van der Waals surface area contributed by atoms with Gasteiger partial charge in [0.05, 0.1) is 0 Å². The van der Waals surface area contributed by atoms with Crippen molar-refractivity contribution in [1.82, 2.24) is 0 Å². The van der Waals surface area contributed by atoms with Crippen molar-refractivity contribution in [2.75, 3.05) is 0 Å². The van der Waals surface area contributed by atoms with E-state index in [-0.39, 0.29) is 0 Å². The van der Waals surface area contributed by atoms with Crippen LogP contribution < -0.4 is 0 Å². The molecule has 2 aromatic heterocycles. The summed E-state index contributed by atoms with van der Waals surface area (Å²) in [4.78, 5) is 0. The van der Waals surface area contributed by atoms with Crippen LogP contribution in [0.5, 0.6) is 0 Å². The molecule has 0 amide bonds. The smallest absolute Gasteiger partial charge is 0.136 e. The van der Waals surface area contributed by atoms with Gasteiger partial charge in [-0.1, -0.05) is 121 Å². The number of rotatable bonds is 3. The minimum absolute atomic E-state index is 0.899. The summed E-state index contributed by atoms with van der Waals surface area (Å²) in [5.74, 6) is 0. The second kappa shape index (κ2) is 10.4. The Hall–Kier alpha value is -6.64. The molecule has 9 aromatic carbocycles. The Morgan fingerprint density at radius 2 is 0.740 bits per heavy atom. The highest BCUT2D eigenvalue weighted by Crippen LogP contribution is 2.45. The molecule has 0 aliphatic heterocycles. The summed E-state index contributed by atoms with van der Waals surface area (Å²) in [6, 6.07) is 61.1. The average Bonchev–Trinajstić information content (AvgIpc) is 3.74. The second-order valence-corrected chi connectivity index (χ2v) is 13.2. The molecule has 0 aliphatic carbocycles. The molecule has 50 heavy (non-hydrogen) atoms. The molecule has 2 nitrogen and oxygen atoms in total. The van der Waals surface area contributed by atoms with Crippen LogP contribution in [-0.4, -0.2) is 0 Å². The number of furan rings is 2. The first-order chi connectivity index (χ1) is 24.8. The molecule has 0 N–H and O–H groups in total. The number of benzene rings is 9. The Morgan fingerprint density at radius 1 is 0.260 bits per heavy atom. The molecule has 0 bridgehead atoms. The molecular weight excluding hydrogens is 609 g/mol. The molecule has 11 aromatic rings. The van der Waals surface area contributed by atoms with Crippen molar-refractivity contribution < 1.29 is 8.83 Å². The fraction of sp³-hybridized carbons (Fsp3) is 0. The number of hydrogen-bond acceptors (Lipinski definition) is 2. The van der Waals surface area contributed by atoms with Crippen molar-refractivity contribution in [3.8, 4) is 33.4 Å². The first kappa shape index (κ1) is 27.3.